The van der Waals surface area contributed by atoms with E-state index in [1.165, 1.54) is 18.5 Å². The summed E-state index contributed by atoms with van der Waals surface area (Å²) in [5, 5.41) is 7.86. The molecule has 4 atom stereocenters. The molecule has 0 radical (unpaired) electrons. The molecule has 1 aliphatic heterocycles. The Bertz CT molecular complexity index is 1810. The maximum Gasteiger partial charge on any atom is 0.248 e. The van der Waals surface area contributed by atoms with Crippen LogP contribution in [0.2, 0.25) is 0 Å². The lowest BCUT2D eigenvalue weighted by atomic mass is 9.98. The van der Waals surface area contributed by atoms with Crippen LogP contribution in [0.25, 0.3) is 22.0 Å². The average molecular weight is 649 g/mol. The molecule has 1 aliphatic carbocycles. The molecular formula is C31H31BrFN7O3. The normalized spacial score (nSPS) is 21.5. The number of nitrogens with zero attached hydrogens (tertiary/aromatic N) is 6. The van der Waals surface area contributed by atoms with Gasteiger partial charge in [0.2, 0.25) is 11.8 Å². The summed E-state index contributed by atoms with van der Waals surface area (Å²) >= 11 is 3.34. The predicted molar refractivity (Wildman–Crippen MR) is 162 cm³/mol. The van der Waals surface area contributed by atoms with Gasteiger partial charge in [-0.15, -0.1) is 0 Å². The molecule has 0 bridgehead atoms. The molecule has 1 unspecified atom stereocenters. The molecule has 12 heteroatoms. The number of anilines is 1. The summed E-state index contributed by atoms with van der Waals surface area (Å²) in [6, 6.07) is 6.30. The number of benzene rings is 1. The number of carbonyl (C=O) groups is 3. The second-order valence-corrected chi connectivity index (χ2v) is 12.7. The van der Waals surface area contributed by atoms with Crippen molar-refractivity contribution < 1.29 is 18.8 Å². The predicted octanol–water partition coefficient (Wildman–Crippen LogP) is 5.52. The number of fused-ring (bicyclic) bond motifs is 2. The first-order valence-electron chi connectivity index (χ1n) is 14.1. The second-order valence-electron chi connectivity index (χ2n) is 11.8. The Morgan fingerprint density at radius 2 is 1.86 bits per heavy atom. The number of ketones is 1. The van der Waals surface area contributed by atoms with E-state index < -0.39 is 12.2 Å². The Balaban J connectivity index is 1.36. The first-order chi connectivity index (χ1) is 20.4. The van der Waals surface area contributed by atoms with Crippen LogP contribution in [0.5, 0.6) is 0 Å². The number of alkyl halides is 1. The van der Waals surface area contributed by atoms with Gasteiger partial charge in [-0.2, -0.15) is 5.10 Å². The second kappa shape index (κ2) is 10.6. The fourth-order valence-electron chi connectivity index (χ4n) is 6.14. The smallest absolute Gasteiger partial charge is 0.248 e. The van der Waals surface area contributed by atoms with Crippen molar-refractivity contribution in [2.24, 2.45) is 5.41 Å². The first kappa shape index (κ1) is 29.0. The Labute approximate surface area is 256 Å². The highest BCUT2D eigenvalue weighted by molar-refractivity contribution is 9.10. The molecule has 43 heavy (non-hydrogen) atoms. The zero-order valence-electron chi connectivity index (χ0n) is 24.5. The molecule has 2 fully saturated rings. The molecule has 0 spiro atoms. The molecule has 3 aromatic heterocycles. The molecular weight excluding hydrogens is 617 g/mol. The van der Waals surface area contributed by atoms with Gasteiger partial charge in [0.15, 0.2) is 5.78 Å². The molecule has 1 saturated heterocycles. The lowest BCUT2D eigenvalue weighted by Gasteiger charge is -2.27. The summed E-state index contributed by atoms with van der Waals surface area (Å²) in [7, 11) is 0. The van der Waals surface area contributed by atoms with Crippen molar-refractivity contribution in [3.05, 3.63) is 63.9 Å². The molecule has 1 saturated carbocycles. The highest BCUT2D eigenvalue weighted by Crippen LogP contribution is 2.59. The van der Waals surface area contributed by atoms with Crippen LogP contribution in [-0.2, 0) is 16.1 Å². The van der Waals surface area contributed by atoms with Crippen LogP contribution in [-0.4, -0.2) is 59.3 Å². The summed E-state index contributed by atoms with van der Waals surface area (Å²) in [4.78, 5) is 54.7. The summed E-state index contributed by atoms with van der Waals surface area (Å²) in [6.45, 7) is 8.24. The summed E-state index contributed by atoms with van der Waals surface area (Å²) in [5.41, 5.74) is 2.76. The largest absolute Gasteiger partial charge is 0.325 e. The van der Waals surface area contributed by atoms with E-state index >= 15 is 4.39 Å². The van der Waals surface area contributed by atoms with Gasteiger partial charge in [-0.05, 0) is 84.3 Å². The molecule has 4 aromatic rings. The Morgan fingerprint density at radius 1 is 1.14 bits per heavy atom. The van der Waals surface area contributed by atoms with Crippen molar-refractivity contribution in [1.82, 2.24) is 29.6 Å². The van der Waals surface area contributed by atoms with Crippen LogP contribution in [0.3, 0.4) is 0 Å². The lowest BCUT2D eigenvalue weighted by Crippen LogP contribution is -2.47. The number of hydrogen-bond donors (Lipinski definition) is 1. The van der Waals surface area contributed by atoms with Crippen LogP contribution >= 0.6 is 15.9 Å². The van der Waals surface area contributed by atoms with E-state index in [1.807, 2.05) is 13.0 Å². The quantitative estimate of drug-likeness (QED) is 0.207. The minimum atomic E-state index is -1.42. The van der Waals surface area contributed by atoms with Gasteiger partial charge in [0, 0.05) is 41.9 Å². The van der Waals surface area contributed by atoms with Gasteiger partial charge in [0.05, 0.1) is 5.52 Å². The molecule has 4 heterocycles. The summed E-state index contributed by atoms with van der Waals surface area (Å²) in [5.74, 6) is 0.0870. The van der Waals surface area contributed by atoms with E-state index in [9.17, 15) is 14.4 Å². The van der Waals surface area contributed by atoms with Crippen LogP contribution in [0.1, 0.15) is 67.2 Å². The zero-order valence-corrected chi connectivity index (χ0v) is 26.1. The minimum absolute atomic E-state index is 0.0888. The van der Waals surface area contributed by atoms with E-state index in [2.05, 4.69) is 48.2 Å². The Kier molecular flexibility index (Phi) is 7.15. The number of pyridine rings is 1. The van der Waals surface area contributed by atoms with Gasteiger partial charge in [-0.1, -0.05) is 13.0 Å². The molecule has 222 valence electrons. The summed E-state index contributed by atoms with van der Waals surface area (Å²) in [6.07, 6.45) is 3.19. The zero-order chi connectivity index (χ0) is 30.8. The standard InChI is InChI=1S/C31H31BrFN7O3/c1-15-6-7-25(32)36-29(15)37-30(43)23-10-31(5)11-24(31)40(23)26(42)14-39-28-21(16(2)33)8-19(20-12-34-18(4)35-13-20)9-22(28)27(38-39)17(3)41/h6-9,12-13,16,23-24H,10-11,14H2,1-5H3,(H,36,37,43)/t16?,23-,24+,31-/m0/s1. The van der Waals surface area contributed by atoms with Crippen LogP contribution in [0.15, 0.2) is 41.3 Å². The highest BCUT2D eigenvalue weighted by Gasteiger charge is 2.64. The molecule has 2 aliphatic rings. The van der Waals surface area contributed by atoms with Crippen LogP contribution in [0, 0.1) is 19.3 Å². The van der Waals surface area contributed by atoms with E-state index in [-0.39, 0.29) is 41.3 Å². The van der Waals surface area contributed by atoms with Gasteiger partial charge in [0.25, 0.3) is 0 Å². The molecule has 1 aromatic carbocycles. The van der Waals surface area contributed by atoms with Crippen molar-refractivity contribution >= 4 is 50.2 Å². The fraction of sp³-hybridized carbons (Fsp3) is 0.387. The number of carbonyl (C=O) groups excluding carboxylic acids is 3. The van der Waals surface area contributed by atoms with Gasteiger partial charge in [-0.3, -0.25) is 19.1 Å². The van der Waals surface area contributed by atoms with Crippen molar-refractivity contribution in [3.8, 4) is 11.1 Å². The van der Waals surface area contributed by atoms with E-state index in [1.54, 1.807) is 42.4 Å². The maximum absolute atomic E-state index is 15.2. The number of Topliss-reactive ketones (excluding diaryl/α,β-unsaturated/α-hetero) is 1. The van der Waals surface area contributed by atoms with Crippen LogP contribution < -0.4 is 5.32 Å². The number of likely N-dealkylation sites (tertiary alicyclic amines) is 1. The number of aromatic nitrogens is 5. The van der Waals surface area contributed by atoms with E-state index in [4.69, 9.17) is 0 Å². The third kappa shape index (κ3) is 5.21. The molecule has 1 N–H and O–H groups in total. The number of hydrogen-bond acceptors (Lipinski definition) is 7. The third-order valence-electron chi connectivity index (χ3n) is 8.57. The van der Waals surface area contributed by atoms with Crippen molar-refractivity contribution in [3.63, 3.8) is 0 Å². The first-order valence-corrected chi connectivity index (χ1v) is 14.9. The molecule has 6 rings (SSSR count). The monoisotopic (exact) mass is 647 g/mol. The molecule has 2 amide bonds. The average Bonchev–Trinajstić information content (AvgIpc) is 3.31. The van der Waals surface area contributed by atoms with E-state index in [0.29, 0.717) is 50.3 Å². The Hall–Kier alpha value is -4.06. The lowest BCUT2D eigenvalue weighted by molar-refractivity contribution is -0.138. The number of nitrogens with one attached hydrogen (secondary N) is 1. The minimum Gasteiger partial charge on any atom is -0.325 e. The van der Waals surface area contributed by atoms with Crippen molar-refractivity contribution in [2.45, 2.75) is 72.3 Å². The van der Waals surface area contributed by atoms with E-state index in [0.717, 1.165) is 12.0 Å². The highest BCUT2D eigenvalue weighted by atomic mass is 79.9. The Morgan fingerprint density at radius 3 is 2.53 bits per heavy atom. The number of aryl methyl sites for hydroxylation is 2. The summed E-state index contributed by atoms with van der Waals surface area (Å²) < 4.78 is 17.2. The third-order valence-corrected chi connectivity index (χ3v) is 9.01. The SMILES string of the molecule is CC(=O)c1nn(CC(=O)N2[C@H](C(=O)Nc3nc(Br)ccc3C)C[C@@]3(C)C[C@@H]23)c2c(C(C)F)cc(-c3cnc(C)nc3)cc12. The van der Waals surface area contributed by atoms with Crippen molar-refractivity contribution in [1.29, 1.82) is 0 Å². The topological polar surface area (TPSA) is 123 Å². The number of halogens is 2. The van der Waals surface area contributed by atoms with Crippen LogP contribution in [0.4, 0.5) is 10.2 Å². The van der Waals surface area contributed by atoms with Gasteiger partial charge >= 0.3 is 0 Å². The van der Waals surface area contributed by atoms with Gasteiger partial charge in [-0.25, -0.2) is 19.3 Å². The number of rotatable bonds is 7. The molecule has 10 nitrogen and oxygen atoms in total. The van der Waals surface area contributed by atoms with Crippen molar-refractivity contribution in [2.75, 3.05) is 5.32 Å². The fourth-order valence-corrected chi connectivity index (χ4v) is 6.45. The maximum atomic E-state index is 15.2. The number of amides is 2. The van der Waals surface area contributed by atoms with Gasteiger partial charge in [0.1, 0.15) is 40.7 Å². The van der Waals surface area contributed by atoms with Gasteiger partial charge < -0.3 is 10.2 Å². The number of piperidine rings is 1.